The Labute approximate surface area is 120 Å². The molecule has 0 saturated heterocycles. The lowest BCUT2D eigenvalue weighted by Crippen LogP contribution is -1.82. The van der Waals surface area contributed by atoms with Crippen LogP contribution in [0.2, 0.25) is 0 Å². The monoisotopic (exact) mass is 269 g/mol. The fourth-order valence-corrected chi connectivity index (χ4v) is 3.13. The smallest absolute Gasteiger partial charge is 0.143 e. The molecule has 0 aliphatic carbocycles. The lowest BCUT2D eigenvalue weighted by atomic mass is 10.0. The average molecular weight is 269 g/mol. The largest absolute Gasteiger partial charge is 0.455 e. The fourth-order valence-electron chi connectivity index (χ4n) is 3.13. The number of pyridine rings is 1. The number of para-hydroxylation sites is 2. The van der Waals surface area contributed by atoms with Crippen molar-refractivity contribution in [2.24, 2.45) is 0 Å². The summed E-state index contributed by atoms with van der Waals surface area (Å²) in [7, 11) is 0. The maximum Gasteiger partial charge on any atom is 0.143 e. The second-order valence-corrected chi connectivity index (χ2v) is 5.28. The van der Waals surface area contributed by atoms with Gasteiger partial charge in [-0.2, -0.15) is 0 Å². The molecular formula is C19H11NO. The molecule has 98 valence electrons. The van der Waals surface area contributed by atoms with Crippen molar-refractivity contribution in [3.8, 4) is 0 Å². The molecule has 2 heteroatoms. The van der Waals surface area contributed by atoms with E-state index >= 15 is 0 Å². The van der Waals surface area contributed by atoms with Gasteiger partial charge in [0.1, 0.15) is 11.2 Å². The number of aromatic nitrogens is 1. The van der Waals surface area contributed by atoms with Gasteiger partial charge in [0.25, 0.3) is 0 Å². The molecule has 0 aliphatic heterocycles. The topological polar surface area (TPSA) is 26.0 Å². The Kier molecular flexibility index (Phi) is 1.98. The minimum absolute atomic E-state index is 0.931. The van der Waals surface area contributed by atoms with Crippen molar-refractivity contribution in [3.05, 3.63) is 66.9 Å². The second kappa shape index (κ2) is 3.83. The zero-order chi connectivity index (χ0) is 13.8. The second-order valence-electron chi connectivity index (χ2n) is 5.28. The first kappa shape index (κ1) is 10.9. The van der Waals surface area contributed by atoms with Gasteiger partial charge in [-0.15, -0.1) is 0 Å². The highest BCUT2D eigenvalue weighted by molar-refractivity contribution is 6.22. The molecule has 0 bridgehead atoms. The van der Waals surface area contributed by atoms with Crippen molar-refractivity contribution in [2.45, 2.75) is 0 Å². The third-order valence-electron chi connectivity index (χ3n) is 4.10. The van der Waals surface area contributed by atoms with Crippen molar-refractivity contribution in [1.82, 2.24) is 4.98 Å². The molecule has 0 amide bonds. The maximum absolute atomic E-state index is 6.15. The number of nitrogens with zero attached hydrogens (tertiary/aromatic N) is 1. The summed E-state index contributed by atoms with van der Waals surface area (Å²) in [6.07, 6.45) is 1.92. The van der Waals surface area contributed by atoms with Crippen LogP contribution in [0.1, 0.15) is 0 Å². The lowest BCUT2D eigenvalue weighted by Gasteiger charge is -2.03. The standard InChI is InChI=1S/C19H11NO/c1-3-7-16-15(6-1)18-12(11-20-16)9-10-14-13-5-2-4-8-17(13)21-19(14)18/h1-11H. The van der Waals surface area contributed by atoms with Crippen molar-refractivity contribution in [1.29, 1.82) is 0 Å². The number of benzene rings is 3. The fraction of sp³-hybridized carbons (Fsp3) is 0. The van der Waals surface area contributed by atoms with Crippen molar-refractivity contribution in [3.63, 3.8) is 0 Å². The summed E-state index contributed by atoms with van der Waals surface area (Å²) < 4.78 is 6.15. The molecule has 21 heavy (non-hydrogen) atoms. The highest BCUT2D eigenvalue weighted by Crippen LogP contribution is 2.36. The summed E-state index contributed by atoms with van der Waals surface area (Å²) in [5, 5.41) is 5.72. The minimum Gasteiger partial charge on any atom is -0.455 e. The first-order chi connectivity index (χ1) is 10.4. The molecule has 0 unspecified atom stereocenters. The molecule has 0 spiro atoms. The molecule has 0 radical (unpaired) electrons. The quantitative estimate of drug-likeness (QED) is 0.357. The van der Waals surface area contributed by atoms with Crippen LogP contribution in [0, 0.1) is 0 Å². The first-order valence-corrected chi connectivity index (χ1v) is 6.99. The molecule has 0 N–H and O–H groups in total. The molecular weight excluding hydrogens is 258 g/mol. The normalized spacial score (nSPS) is 11.8. The van der Waals surface area contributed by atoms with Crippen molar-refractivity contribution in [2.75, 3.05) is 0 Å². The van der Waals surface area contributed by atoms with Gasteiger partial charge in [-0.25, -0.2) is 0 Å². The van der Waals surface area contributed by atoms with Gasteiger partial charge in [-0.1, -0.05) is 42.5 Å². The average Bonchev–Trinajstić information content (AvgIpc) is 2.93. The van der Waals surface area contributed by atoms with Crippen LogP contribution in [0.3, 0.4) is 0 Å². The molecule has 2 heterocycles. The number of rotatable bonds is 0. The van der Waals surface area contributed by atoms with Gasteiger partial charge >= 0.3 is 0 Å². The summed E-state index contributed by atoms with van der Waals surface area (Å²) in [4.78, 5) is 4.53. The highest BCUT2D eigenvalue weighted by Gasteiger charge is 2.12. The number of hydrogen-bond acceptors (Lipinski definition) is 2. The van der Waals surface area contributed by atoms with Gasteiger partial charge in [-0.05, 0) is 18.2 Å². The molecule has 0 fully saturated rings. The van der Waals surface area contributed by atoms with Gasteiger partial charge in [0.15, 0.2) is 0 Å². The van der Waals surface area contributed by atoms with E-state index in [0.29, 0.717) is 0 Å². The summed E-state index contributed by atoms with van der Waals surface area (Å²) in [5.41, 5.74) is 2.88. The Morgan fingerprint density at radius 2 is 1.52 bits per heavy atom. The number of furan rings is 1. The Balaban J connectivity index is 2.14. The van der Waals surface area contributed by atoms with Crippen LogP contribution < -0.4 is 0 Å². The van der Waals surface area contributed by atoms with Gasteiger partial charge in [-0.3, -0.25) is 4.98 Å². The Morgan fingerprint density at radius 3 is 2.48 bits per heavy atom. The molecule has 0 aliphatic rings. The van der Waals surface area contributed by atoms with E-state index in [1.807, 2.05) is 42.6 Å². The van der Waals surface area contributed by atoms with E-state index in [4.69, 9.17) is 4.42 Å². The maximum atomic E-state index is 6.15. The van der Waals surface area contributed by atoms with Crippen LogP contribution in [-0.2, 0) is 0 Å². The first-order valence-electron chi connectivity index (χ1n) is 6.99. The molecule has 0 atom stereocenters. The third kappa shape index (κ3) is 1.39. The minimum atomic E-state index is 0.931. The molecule has 3 aromatic carbocycles. The van der Waals surface area contributed by atoms with E-state index in [1.165, 1.54) is 0 Å². The van der Waals surface area contributed by atoms with Crippen LogP contribution in [0.4, 0.5) is 0 Å². The van der Waals surface area contributed by atoms with Gasteiger partial charge in [0.2, 0.25) is 0 Å². The number of fused-ring (bicyclic) bond motifs is 7. The van der Waals surface area contributed by atoms with Gasteiger partial charge in [0.05, 0.1) is 5.52 Å². The molecule has 5 aromatic rings. The zero-order valence-corrected chi connectivity index (χ0v) is 11.2. The molecule has 5 rings (SSSR count). The SMILES string of the molecule is c1ccc2c(c1)ncc1ccc3c4ccccc4oc3c12. The van der Waals surface area contributed by atoms with Crippen LogP contribution in [0.25, 0.3) is 43.6 Å². The summed E-state index contributed by atoms with van der Waals surface area (Å²) in [5.74, 6) is 0. The van der Waals surface area contributed by atoms with Crippen LogP contribution in [0.5, 0.6) is 0 Å². The highest BCUT2D eigenvalue weighted by atomic mass is 16.3. The van der Waals surface area contributed by atoms with Crippen LogP contribution in [-0.4, -0.2) is 4.98 Å². The lowest BCUT2D eigenvalue weighted by molar-refractivity contribution is 0.673. The van der Waals surface area contributed by atoms with Gasteiger partial charge in [0, 0.05) is 33.1 Å². The van der Waals surface area contributed by atoms with Crippen molar-refractivity contribution >= 4 is 43.6 Å². The van der Waals surface area contributed by atoms with E-state index in [9.17, 15) is 0 Å². The predicted molar refractivity (Wildman–Crippen MR) is 86.5 cm³/mol. The Bertz CT molecular complexity index is 1140. The molecule has 0 saturated carbocycles. The summed E-state index contributed by atoms with van der Waals surface area (Å²) in [6, 6.07) is 20.6. The van der Waals surface area contributed by atoms with E-state index in [1.54, 1.807) is 0 Å². The van der Waals surface area contributed by atoms with E-state index in [2.05, 4.69) is 29.2 Å². The zero-order valence-electron chi connectivity index (χ0n) is 11.2. The molecule has 2 nitrogen and oxygen atoms in total. The van der Waals surface area contributed by atoms with Crippen molar-refractivity contribution < 1.29 is 4.42 Å². The Morgan fingerprint density at radius 1 is 0.714 bits per heavy atom. The summed E-state index contributed by atoms with van der Waals surface area (Å²) >= 11 is 0. The van der Waals surface area contributed by atoms with E-state index in [0.717, 1.165) is 43.6 Å². The summed E-state index contributed by atoms with van der Waals surface area (Å²) in [6.45, 7) is 0. The van der Waals surface area contributed by atoms with Gasteiger partial charge < -0.3 is 4.42 Å². The molecule has 2 aromatic heterocycles. The predicted octanol–water partition coefficient (Wildman–Crippen LogP) is 5.29. The van der Waals surface area contributed by atoms with Crippen LogP contribution in [0.15, 0.2) is 71.3 Å². The number of hydrogen-bond donors (Lipinski definition) is 0. The third-order valence-corrected chi connectivity index (χ3v) is 4.10. The van der Waals surface area contributed by atoms with E-state index in [-0.39, 0.29) is 0 Å². The van der Waals surface area contributed by atoms with E-state index < -0.39 is 0 Å². The Hall–Kier alpha value is -2.87. The van der Waals surface area contributed by atoms with Crippen LogP contribution >= 0.6 is 0 Å².